The molecule has 0 aromatic heterocycles. The molecule has 1 aliphatic heterocycles. The number of esters is 1. The van der Waals surface area contributed by atoms with Crippen LogP contribution in [-0.2, 0) is 16.1 Å². The molecule has 2 N–H and O–H groups in total. The number of benzene rings is 2. The number of hydrogen-bond donors (Lipinski definition) is 2. The highest BCUT2D eigenvalue weighted by Gasteiger charge is 2.31. The smallest absolute Gasteiger partial charge is 0.338 e. The van der Waals surface area contributed by atoms with E-state index >= 15 is 0 Å². The summed E-state index contributed by atoms with van der Waals surface area (Å²) in [4.78, 5) is 39.3. The molecular weight excluding hydrogens is 446 g/mol. The first kappa shape index (κ1) is 26.1. The zero-order valence-corrected chi connectivity index (χ0v) is 20.7. The maximum Gasteiger partial charge on any atom is 0.338 e. The number of rotatable bonds is 9. The zero-order chi connectivity index (χ0) is 25.2. The number of piperidine rings is 1. The van der Waals surface area contributed by atoms with Crippen molar-refractivity contribution in [2.24, 2.45) is 11.8 Å². The van der Waals surface area contributed by atoms with Crippen LogP contribution in [0.2, 0.25) is 0 Å². The summed E-state index contributed by atoms with van der Waals surface area (Å²) in [5.41, 5.74) is 1.88. The lowest BCUT2D eigenvalue weighted by atomic mass is 9.81. The normalized spacial score (nSPS) is 17.4. The monoisotopic (exact) mass is 481 g/mol. The summed E-state index contributed by atoms with van der Waals surface area (Å²) in [6, 6.07) is 14.2. The van der Waals surface area contributed by atoms with Crippen LogP contribution in [0, 0.1) is 11.8 Å². The lowest BCUT2D eigenvalue weighted by molar-refractivity contribution is -0.123. The van der Waals surface area contributed by atoms with Gasteiger partial charge in [0, 0.05) is 37.3 Å². The van der Waals surface area contributed by atoms with Crippen molar-refractivity contribution >= 4 is 23.6 Å². The van der Waals surface area contributed by atoms with Crippen LogP contribution >= 0.6 is 0 Å². The van der Waals surface area contributed by atoms with E-state index in [4.69, 9.17) is 9.47 Å². The highest BCUT2D eigenvalue weighted by molar-refractivity contribution is 5.94. The fraction of sp³-hybridized carbons (Fsp3) is 0.444. The summed E-state index contributed by atoms with van der Waals surface area (Å²) in [5.74, 6) is 0.796. The molecule has 8 heteroatoms. The molecule has 1 heterocycles. The van der Waals surface area contributed by atoms with Gasteiger partial charge in [-0.2, -0.15) is 0 Å². The van der Waals surface area contributed by atoms with Gasteiger partial charge in [-0.15, -0.1) is 0 Å². The van der Waals surface area contributed by atoms with Gasteiger partial charge in [-0.25, -0.2) is 9.59 Å². The Labute approximate surface area is 207 Å². The van der Waals surface area contributed by atoms with Crippen LogP contribution in [-0.4, -0.2) is 49.6 Å². The average molecular weight is 482 g/mol. The number of hydrogen-bond acceptors (Lipinski definition) is 5. The first-order chi connectivity index (χ1) is 16.9. The summed E-state index contributed by atoms with van der Waals surface area (Å²) in [5, 5.41) is 5.89. The van der Waals surface area contributed by atoms with E-state index in [-0.39, 0.29) is 23.8 Å². The molecule has 1 aliphatic rings. The molecule has 0 saturated carbocycles. The number of carbonyl (C=O) groups excluding carboxylic acids is 3. The van der Waals surface area contributed by atoms with Crippen LogP contribution in [0.15, 0.2) is 48.5 Å². The Morgan fingerprint density at radius 3 is 2.60 bits per heavy atom. The maximum absolute atomic E-state index is 12.9. The molecule has 0 bridgehead atoms. The summed E-state index contributed by atoms with van der Waals surface area (Å²) >= 11 is 0. The Morgan fingerprint density at radius 1 is 1.06 bits per heavy atom. The number of amides is 3. The minimum atomic E-state index is -0.417. The van der Waals surface area contributed by atoms with Gasteiger partial charge in [0.2, 0.25) is 5.91 Å². The van der Waals surface area contributed by atoms with Gasteiger partial charge in [0.1, 0.15) is 5.75 Å². The zero-order valence-electron chi connectivity index (χ0n) is 20.7. The van der Waals surface area contributed by atoms with Crippen LogP contribution in [0.4, 0.5) is 10.5 Å². The van der Waals surface area contributed by atoms with E-state index in [0.29, 0.717) is 43.9 Å². The lowest BCUT2D eigenvalue weighted by Crippen LogP contribution is -2.46. The molecule has 35 heavy (non-hydrogen) atoms. The van der Waals surface area contributed by atoms with E-state index in [9.17, 15) is 14.4 Å². The van der Waals surface area contributed by atoms with Gasteiger partial charge in [-0.3, -0.25) is 4.79 Å². The number of para-hydroxylation sites is 1. The van der Waals surface area contributed by atoms with Crippen molar-refractivity contribution in [2.75, 3.05) is 32.1 Å². The predicted molar refractivity (Wildman–Crippen MR) is 134 cm³/mol. The molecule has 1 saturated heterocycles. The molecule has 188 valence electrons. The Kier molecular flexibility index (Phi) is 9.52. The summed E-state index contributed by atoms with van der Waals surface area (Å²) in [6.45, 7) is 5.72. The maximum atomic E-state index is 12.9. The third-order valence-corrected chi connectivity index (χ3v) is 6.44. The van der Waals surface area contributed by atoms with Crippen LogP contribution in [0.5, 0.6) is 5.75 Å². The summed E-state index contributed by atoms with van der Waals surface area (Å²) in [7, 11) is 1.62. The van der Waals surface area contributed by atoms with E-state index in [1.807, 2.05) is 24.3 Å². The second-order valence-electron chi connectivity index (χ2n) is 8.69. The molecule has 2 aromatic carbocycles. The van der Waals surface area contributed by atoms with Gasteiger partial charge in [0.15, 0.2) is 0 Å². The number of nitrogens with zero attached hydrogens (tertiary/aromatic N) is 1. The summed E-state index contributed by atoms with van der Waals surface area (Å²) < 4.78 is 10.4. The molecule has 0 radical (unpaired) electrons. The Bertz CT molecular complexity index is 1030. The van der Waals surface area contributed by atoms with Crippen LogP contribution < -0.4 is 15.4 Å². The average Bonchev–Trinajstić information content (AvgIpc) is 2.88. The molecule has 1 fully saturated rings. The van der Waals surface area contributed by atoms with Crippen molar-refractivity contribution < 1.29 is 23.9 Å². The number of ether oxygens (including phenoxy) is 2. The van der Waals surface area contributed by atoms with E-state index in [0.717, 1.165) is 24.2 Å². The van der Waals surface area contributed by atoms with Crippen molar-refractivity contribution in [1.29, 1.82) is 0 Å². The van der Waals surface area contributed by atoms with Gasteiger partial charge in [-0.1, -0.05) is 37.6 Å². The molecule has 0 aliphatic carbocycles. The van der Waals surface area contributed by atoms with Crippen molar-refractivity contribution in [3.05, 3.63) is 59.7 Å². The quantitative estimate of drug-likeness (QED) is 0.516. The molecule has 0 spiro atoms. The van der Waals surface area contributed by atoms with Gasteiger partial charge < -0.3 is 25.0 Å². The third kappa shape index (κ3) is 7.21. The molecule has 0 unspecified atom stereocenters. The number of nitrogens with one attached hydrogen (secondary N) is 2. The molecular formula is C27H35N3O5. The lowest BCUT2D eigenvalue weighted by Gasteiger charge is -2.38. The van der Waals surface area contributed by atoms with Crippen LogP contribution in [0.3, 0.4) is 0 Å². The fourth-order valence-corrected chi connectivity index (χ4v) is 4.49. The van der Waals surface area contributed by atoms with Crippen molar-refractivity contribution in [3.63, 3.8) is 0 Å². The molecule has 3 rings (SSSR count). The van der Waals surface area contributed by atoms with Crippen molar-refractivity contribution in [2.45, 2.75) is 39.7 Å². The molecule has 3 amide bonds. The second-order valence-corrected chi connectivity index (χ2v) is 8.69. The molecule has 2 atom stereocenters. The topological polar surface area (TPSA) is 97.0 Å². The Hall–Kier alpha value is -3.55. The summed E-state index contributed by atoms with van der Waals surface area (Å²) in [6.07, 6.45) is 2.08. The van der Waals surface area contributed by atoms with Gasteiger partial charge in [0.25, 0.3) is 0 Å². The first-order valence-electron chi connectivity index (χ1n) is 12.2. The third-order valence-electron chi connectivity index (χ3n) is 6.44. The minimum Gasteiger partial charge on any atom is -0.496 e. The van der Waals surface area contributed by atoms with Crippen molar-refractivity contribution in [1.82, 2.24) is 10.2 Å². The van der Waals surface area contributed by atoms with E-state index in [1.165, 1.54) is 0 Å². The highest BCUT2D eigenvalue weighted by Crippen LogP contribution is 2.29. The molecule has 8 nitrogen and oxygen atoms in total. The fourth-order valence-electron chi connectivity index (χ4n) is 4.49. The van der Waals surface area contributed by atoms with Crippen LogP contribution in [0.25, 0.3) is 0 Å². The van der Waals surface area contributed by atoms with E-state index < -0.39 is 5.97 Å². The van der Waals surface area contributed by atoms with E-state index in [1.54, 1.807) is 43.2 Å². The Balaban J connectivity index is 1.52. The standard InChI is InChI=1S/C27H35N3O5/c1-4-19-18-30(27(33)29-23-11-8-10-21(15-23)26(32)35-5-2)14-13-20(19)16-25(31)28-17-22-9-6-7-12-24(22)34-3/h6-12,15,19-20H,4-5,13-14,16-18H2,1-3H3,(H,28,31)(H,29,33)/t19-,20+/m1/s1. The van der Waals surface area contributed by atoms with E-state index in [2.05, 4.69) is 17.6 Å². The highest BCUT2D eigenvalue weighted by atomic mass is 16.5. The largest absolute Gasteiger partial charge is 0.496 e. The number of methoxy groups -OCH3 is 1. The van der Waals surface area contributed by atoms with Gasteiger partial charge in [0.05, 0.1) is 19.3 Å². The van der Waals surface area contributed by atoms with Gasteiger partial charge in [-0.05, 0) is 49.4 Å². The second kappa shape index (κ2) is 12.8. The number of anilines is 1. The number of carbonyl (C=O) groups is 3. The minimum absolute atomic E-state index is 0.00744. The SMILES string of the molecule is CCOC(=O)c1cccc(NC(=O)N2CC[C@@H](CC(=O)NCc3ccccc3OC)[C@H](CC)C2)c1. The molecule has 2 aromatic rings. The van der Waals surface area contributed by atoms with Crippen molar-refractivity contribution in [3.8, 4) is 5.75 Å². The van der Waals surface area contributed by atoms with Gasteiger partial charge >= 0.3 is 12.0 Å². The number of likely N-dealkylation sites (tertiary alicyclic amines) is 1. The van der Waals surface area contributed by atoms with Crippen LogP contribution in [0.1, 0.15) is 49.0 Å². The first-order valence-corrected chi connectivity index (χ1v) is 12.2. The number of urea groups is 1. The predicted octanol–water partition coefficient (Wildman–Crippen LogP) is 4.46. The Morgan fingerprint density at radius 2 is 1.86 bits per heavy atom.